The van der Waals surface area contributed by atoms with E-state index in [-0.39, 0.29) is 0 Å². The zero-order valence-corrected chi connectivity index (χ0v) is 12.9. The standard InChI is InChI=1S/C16H32N2O/c1-3-9-18-10-7-15(8-11-18)14(2)17-13-16-6-4-5-12-19-16/h14-17H,3-13H2,1-2H3. The zero-order chi connectivity index (χ0) is 13.5. The third kappa shape index (κ3) is 5.05. The molecule has 0 aromatic carbocycles. The molecule has 0 radical (unpaired) electrons. The summed E-state index contributed by atoms with van der Waals surface area (Å²) in [6.45, 7) is 10.5. The van der Waals surface area contributed by atoms with E-state index in [1.165, 1.54) is 58.2 Å². The Bertz CT molecular complexity index is 233. The van der Waals surface area contributed by atoms with Crippen molar-refractivity contribution in [1.29, 1.82) is 0 Å². The Morgan fingerprint density at radius 1 is 1.21 bits per heavy atom. The Kier molecular flexibility index (Phi) is 6.62. The number of nitrogens with zero attached hydrogens (tertiary/aromatic N) is 1. The zero-order valence-electron chi connectivity index (χ0n) is 12.9. The van der Waals surface area contributed by atoms with Crippen LogP contribution in [0.5, 0.6) is 0 Å². The Morgan fingerprint density at radius 2 is 2.00 bits per heavy atom. The molecule has 0 spiro atoms. The van der Waals surface area contributed by atoms with Crippen LogP contribution in [0.4, 0.5) is 0 Å². The molecule has 2 saturated heterocycles. The van der Waals surface area contributed by atoms with Gasteiger partial charge in [-0.25, -0.2) is 0 Å². The molecule has 0 bridgehead atoms. The van der Waals surface area contributed by atoms with Gasteiger partial charge in [0.05, 0.1) is 6.10 Å². The fourth-order valence-electron chi connectivity index (χ4n) is 3.45. The summed E-state index contributed by atoms with van der Waals surface area (Å²) >= 11 is 0. The van der Waals surface area contributed by atoms with Crippen molar-refractivity contribution in [1.82, 2.24) is 10.2 Å². The summed E-state index contributed by atoms with van der Waals surface area (Å²) in [5.41, 5.74) is 0. The number of nitrogens with one attached hydrogen (secondary N) is 1. The first-order valence-electron chi connectivity index (χ1n) is 8.37. The fraction of sp³-hybridized carbons (Fsp3) is 1.00. The first kappa shape index (κ1) is 15.3. The van der Waals surface area contributed by atoms with E-state index in [1.54, 1.807) is 0 Å². The average molecular weight is 268 g/mol. The Labute approximate surface area is 119 Å². The normalized spacial score (nSPS) is 28.4. The van der Waals surface area contributed by atoms with Gasteiger partial charge in [-0.2, -0.15) is 0 Å². The van der Waals surface area contributed by atoms with Crippen molar-refractivity contribution < 1.29 is 4.74 Å². The van der Waals surface area contributed by atoms with E-state index in [4.69, 9.17) is 4.74 Å². The maximum absolute atomic E-state index is 5.79. The summed E-state index contributed by atoms with van der Waals surface area (Å²) in [4.78, 5) is 2.62. The molecule has 2 atom stereocenters. The summed E-state index contributed by atoms with van der Waals surface area (Å²) in [6.07, 6.45) is 8.32. The lowest BCUT2D eigenvalue weighted by molar-refractivity contribution is 0.0137. The first-order chi connectivity index (χ1) is 9.29. The fourth-order valence-corrected chi connectivity index (χ4v) is 3.45. The number of ether oxygens (including phenoxy) is 1. The average Bonchev–Trinajstić information content (AvgIpc) is 2.47. The third-order valence-electron chi connectivity index (χ3n) is 4.82. The van der Waals surface area contributed by atoms with Gasteiger partial charge in [-0.15, -0.1) is 0 Å². The lowest BCUT2D eigenvalue weighted by atomic mass is 9.90. The molecule has 2 aliphatic heterocycles. The van der Waals surface area contributed by atoms with Crippen LogP contribution in [0.1, 0.15) is 52.4 Å². The molecule has 112 valence electrons. The molecule has 2 heterocycles. The van der Waals surface area contributed by atoms with E-state index >= 15 is 0 Å². The number of hydrogen-bond acceptors (Lipinski definition) is 3. The molecule has 3 heteroatoms. The van der Waals surface area contributed by atoms with E-state index in [0.29, 0.717) is 12.1 Å². The van der Waals surface area contributed by atoms with Gasteiger partial charge in [-0.1, -0.05) is 6.92 Å². The quantitative estimate of drug-likeness (QED) is 0.801. The Balaban J connectivity index is 1.62. The van der Waals surface area contributed by atoms with E-state index < -0.39 is 0 Å². The Morgan fingerprint density at radius 3 is 2.63 bits per heavy atom. The van der Waals surface area contributed by atoms with Gasteiger partial charge in [0, 0.05) is 19.2 Å². The van der Waals surface area contributed by atoms with Crippen LogP contribution in [0.2, 0.25) is 0 Å². The van der Waals surface area contributed by atoms with Gasteiger partial charge in [0.15, 0.2) is 0 Å². The molecule has 2 fully saturated rings. The smallest absolute Gasteiger partial charge is 0.0699 e. The van der Waals surface area contributed by atoms with Crippen molar-refractivity contribution in [2.24, 2.45) is 5.92 Å². The SMILES string of the molecule is CCCN1CCC(C(C)NCC2CCCCO2)CC1. The van der Waals surface area contributed by atoms with Crippen LogP contribution in [0.25, 0.3) is 0 Å². The van der Waals surface area contributed by atoms with Gasteiger partial charge < -0.3 is 15.0 Å². The molecule has 2 unspecified atom stereocenters. The van der Waals surface area contributed by atoms with E-state index in [9.17, 15) is 0 Å². The van der Waals surface area contributed by atoms with Crippen LogP contribution >= 0.6 is 0 Å². The van der Waals surface area contributed by atoms with Crippen LogP contribution in [-0.4, -0.2) is 49.8 Å². The summed E-state index contributed by atoms with van der Waals surface area (Å²) < 4.78 is 5.79. The Hall–Kier alpha value is -0.120. The molecular weight excluding hydrogens is 236 g/mol. The van der Waals surface area contributed by atoms with Gasteiger partial charge in [-0.05, 0) is 71.0 Å². The predicted octanol–water partition coefficient (Wildman–Crippen LogP) is 2.66. The molecule has 2 aliphatic rings. The van der Waals surface area contributed by atoms with Crippen LogP contribution in [0.3, 0.4) is 0 Å². The van der Waals surface area contributed by atoms with Crippen LogP contribution in [-0.2, 0) is 4.74 Å². The van der Waals surface area contributed by atoms with Crippen molar-refractivity contribution in [3.05, 3.63) is 0 Å². The van der Waals surface area contributed by atoms with Gasteiger partial charge in [-0.3, -0.25) is 0 Å². The topological polar surface area (TPSA) is 24.5 Å². The maximum atomic E-state index is 5.79. The van der Waals surface area contributed by atoms with Crippen molar-refractivity contribution in [3.8, 4) is 0 Å². The second-order valence-corrected chi connectivity index (χ2v) is 6.36. The summed E-state index contributed by atoms with van der Waals surface area (Å²) in [5.74, 6) is 0.858. The van der Waals surface area contributed by atoms with Crippen molar-refractivity contribution in [2.45, 2.75) is 64.5 Å². The lowest BCUT2D eigenvalue weighted by Crippen LogP contribution is -2.44. The van der Waals surface area contributed by atoms with Crippen molar-refractivity contribution >= 4 is 0 Å². The molecule has 0 amide bonds. The van der Waals surface area contributed by atoms with Gasteiger partial charge in [0.2, 0.25) is 0 Å². The van der Waals surface area contributed by atoms with Crippen LogP contribution < -0.4 is 5.32 Å². The van der Waals surface area contributed by atoms with E-state index in [2.05, 4.69) is 24.1 Å². The van der Waals surface area contributed by atoms with Gasteiger partial charge in [0.25, 0.3) is 0 Å². The molecule has 1 N–H and O–H groups in total. The molecule has 3 nitrogen and oxygen atoms in total. The first-order valence-corrected chi connectivity index (χ1v) is 8.37. The van der Waals surface area contributed by atoms with Crippen LogP contribution in [0.15, 0.2) is 0 Å². The minimum absolute atomic E-state index is 0.469. The summed E-state index contributed by atoms with van der Waals surface area (Å²) in [5, 5.41) is 3.73. The highest BCUT2D eigenvalue weighted by Gasteiger charge is 2.24. The van der Waals surface area contributed by atoms with Crippen molar-refractivity contribution in [2.75, 3.05) is 32.8 Å². The molecular formula is C16H32N2O. The maximum Gasteiger partial charge on any atom is 0.0699 e. The second kappa shape index (κ2) is 8.23. The highest BCUT2D eigenvalue weighted by molar-refractivity contribution is 4.80. The second-order valence-electron chi connectivity index (χ2n) is 6.36. The molecule has 0 aromatic rings. The highest BCUT2D eigenvalue weighted by atomic mass is 16.5. The molecule has 0 saturated carbocycles. The monoisotopic (exact) mass is 268 g/mol. The molecule has 0 aliphatic carbocycles. The predicted molar refractivity (Wildman–Crippen MR) is 80.5 cm³/mol. The van der Waals surface area contributed by atoms with Gasteiger partial charge >= 0.3 is 0 Å². The third-order valence-corrected chi connectivity index (χ3v) is 4.82. The summed E-state index contributed by atoms with van der Waals surface area (Å²) in [7, 11) is 0. The number of hydrogen-bond donors (Lipinski definition) is 1. The van der Waals surface area contributed by atoms with E-state index in [1.807, 2.05) is 0 Å². The van der Waals surface area contributed by atoms with Crippen molar-refractivity contribution in [3.63, 3.8) is 0 Å². The number of likely N-dealkylation sites (tertiary alicyclic amines) is 1. The number of piperidine rings is 1. The molecule has 2 rings (SSSR count). The molecule has 0 aromatic heterocycles. The molecule has 19 heavy (non-hydrogen) atoms. The largest absolute Gasteiger partial charge is 0.377 e. The number of rotatable bonds is 6. The highest BCUT2D eigenvalue weighted by Crippen LogP contribution is 2.21. The minimum atomic E-state index is 0.469. The summed E-state index contributed by atoms with van der Waals surface area (Å²) in [6, 6.07) is 0.648. The van der Waals surface area contributed by atoms with E-state index in [0.717, 1.165) is 19.1 Å². The van der Waals surface area contributed by atoms with Crippen LogP contribution in [0, 0.1) is 5.92 Å². The minimum Gasteiger partial charge on any atom is -0.377 e. The lowest BCUT2D eigenvalue weighted by Gasteiger charge is -2.35. The van der Waals surface area contributed by atoms with Gasteiger partial charge in [0.1, 0.15) is 0 Å².